The van der Waals surface area contributed by atoms with Crippen molar-refractivity contribution < 1.29 is 0 Å². The summed E-state index contributed by atoms with van der Waals surface area (Å²) in [6.07, 6.45) is 5.12. The minimum absolute atomic E-state index is 0.479. The molecule has 0 spiro atoms. The highest BCUT2D eigenvalue weighted by molar-refractivity contribution is 6.19. The van der Waals surface area contributed by atoms with Crippen molar-refractivity contribution in [2.24, 2.45) is 0 Å². The first-order chi connectivity index (χ1) is 14.1. The molecule has 2 heterocycles. The standard InChI is InChI=1S/C27H26N2/c1-5-18(3)21-12-13-22(20-11-10-17(2)16-19(20)4)25-23-8-6-7-9-24(23)29-15-14-28-27(29)26(21)25/h6-16,18H,5H2,1-4H3. The monoisotopic (exact) mass is 378 g/mol. The predicted molar refractivity (Wildman–Crippen MR) is 124 cm³/mol. The van der Waals surface area contributed by atoms with Gasteiger partial charge in [-0.2, -0.15) is 0 Å². The minimum Gasteiger partial charge on any atom is -0.299 e. The van der Waals surface area contributed by atoms with Gasteiger partial charge >= 0.3 is 0 Å². The highest BCUT2D eigenvalue weighted by Crippen LogP contribution is 2.41. The number of imidazole rings is 1. The van der Waals surface area contributed by atoms with E-state index in [1.54, 1.807) is 0 Å². The minimum atomic E-state index is 0.479. The van der Waals surface area contributed by atoms with Gasteiger partial charge in [0.2, 0.25) is 0 Å². The van der Waals surface area contributed by atoms with Crippen LogP contribution in [-0.2, 0) is 0 Å². The zero-order valence-electron chi connectivity index (χ0n) is 17.5. The van der Waals surface area contributed by atoms with Crippen LogP contribution in [0.15, 0.2) is 67.0 Å². The largest absolute Gasteiger partial charge is 0.299 e. The third kappa shape index (κ3) is 2.66. The van der Waals surface area contributed by atoms with Crippen LogP contribution >= 0.6 is 0 Å². The van der Waals surface area contributed by atoms with E-state index in [2.05, 4.69) is 92.9 Å². The van der Waals surface area contributed by atoms with Crippen LogP contribution in [0.1, 0.15) is 42.9 Å². The first kappa shape index (κ1) is 17.9. The molecule has 1 atom stereocenters. The van der Waals surface area contributed by atoms with Crippen molar-refractivity contribution in [2.75, 3.05) is 0 Å². The smallest absolute Gasteiger partial charge is 0.145 e. The molecule has 2 nitrogen and oxygen atoms in total. The maximum absolute atomic E-state index is 4.81. The quantitative estimate of drug-likeness (QED) is 0.298. The molecule has 0 bridgehead atoms. The summed E-state index contributed by atoms with van der Waals surface area (Å²) in [5.74, 6) is 0.479. The van der Waals surface area contributed by atoms with Gasteiger partial charge in [-0.1, -0.05) is 67.9 Å². The van der Waals surface area contributed by atoms with Crippen LogP contribution in [0, 0.1) is 13.8 Å². The molecule has 0 amide bonds. The van der Waals surface area contributed by atoms with Gasteiger partial charge in [0.05, 0.1) is 5.52 Å². The Balaban J connectivity index is 2.05. The Morgan fingerprint density at radius 3 is 2.52 bits per heavy atom. The lowest BCUT2D eigenvalue weighted by molar-refractivity contribution is 0.740. The van der Waals surface area contributed by atoms with Crippen LogP contribution in [0.3, 0.4) is 0 Å². The van der Waals surface area contributed by atoms with Gasteiger partial charge in [-0.15, -0.1) is 0 Å². The Kier molecular flexibility index (Phi) is 4.16. The molecule has 5 aromatic rings. The average Bonchev–Trinajstić information content (AvgIpc) is 3.23. The third-order valence-electron chi connectivity index (χ3n) is 6.35. The third-order valence-corrected chi connectivity index (χ3v) is 6.35. The van der Waals surface area contributed by atoms with E-state index in [9.17, 15) is 0 Å². The van der Waals surface area contributed by atoms with E-state index in [4.69, 9.17) is 4.98 Å². The van der Waals surface area contributed by atoms with E-state index < -0.39 is 0 Å². The van der Waals surface area contributed by atoms with Crippen molar-refractivity contribution in [3.05, 3.63) is 83.7 Å². The fourth-order valence-corrected chi connectivity index (χ4v) is 4.69. The van der Waals surface area contributed by atoms with Gasteiger partial charge in [-0.3, -0.25) is 4.40 Å². The zero-order chi connectivity index (χ0) is 20.1. The second kappa shape index (κ2) is 6.73. The van der Waals surface area contributed by atoms with E-state index in [0.29, 0.717) is 5.92 Å². The molecule has 0 fully saturated rings. The van der Waals surface area contributed by atoms with Crippen LogP contribution in [0.2, 0.25) is 0 Å². The van der Waals surface area contributed by atoms with Gasteiger partial charge < -0.3 is 0 Å². The van der Waals surface area contributed by atoms with Crippen LogP contribution in [0.25, 0.3) is 38.4 Å². The Hall–Kier alpha value is -3.13. The van der Waals surface area contributed by atoms with E-state index >= 15 is 0 Å². The topological polar surface area (TPSA) is 17.3 Å². The molecule has 0 aliphatic rings. The molecule has 2 heteroatoms. The summed E-state index contributed by atoms with van der Waals surface area (Å²) >= 11 is 0. The zero-order valence-corrected chi connectivity index (χ0v) is 17.5. The van der Waals surface area contributed by atoms with Gasteiger partial charge in [0, 0.05) is 28.6 Å². The lowest BCUT2D eigenvalue weighted by atomic mass is 9.86. The Bertz CT molecular complexity index is 1370. The summed E-state index contributed by atoms with van der Waals surface area (Å²) in [5.41, 5.74) is 8.86. The molecule has 144 valence electrons. The summed E-state index contributed by atoms with van der Waals surface area (Å²) < 4.78 is 2.25. The second-order valence-corrected chi connectivity index (χ2v) is 8.22. The highest BCUT2D eigenvalue weighted by atomic mass is 15.0. The fourth-order valence-electron chi connectivity index (χ4n) is 4.69. The predicted octanol–water partition coefficient (Wildman–Crippen LogP) is 7.44. The summed E-state index contributed by atoms with van der Waals surface area (Å²) in [5, 5.41) is 3.90. The van der Waals surface area contributed by atoms with Crippen molar-refractivity contribution in [3.63, 3.8) is 0 Å². The number of nitrogens with zero attached hydrogens (tertiary/aromatic N) is 2. The van der Waals surface area contributed by atoms with Gasteiger partial charge in [0.25, 0.3) is 0 Å². The number of hydrogen-bond donors (Lipinski definition) is 0. The normalized spacial score (nSPS) is 12.8. The first-order valence-corrected chi connectivity index (χ1v) is 10.5. The van der Waals surface area contributed by atoms with E-state index in [1.165, 1.54) is 49.5 Å². The van der Waals surface area contributed by atoms with Crippen molar-refractivity contribution in [3.8, 4) is 11.1 Å². The van der Waals surface area contributed by atoms with Crippen molar-refractivity contribution in [1.29, 1.82) is 0 Å². The van der Waals surface area contributed by atoms with Gasteiger partial charge in [0.1, 0.15) is 5.65 Å². The summed E-state index contributed by atoms with van der Waals surface area (Å²) in [6, 6.07) is 20.1. The molecule has 0 saturated heterocycles. The summed E-state index contributed by atoms with van der Waals surface area (Å²) in [6.45, 7) is 8.95. The lowest BCUT2D eigenvalue weighted by Crippen LogP contribution is -1.99. The number of fused-ring (bicyclic) bond motifs is 6. The molecular weight excluding hydrogens is 352 g/mol. The summed E-state index contributed by atoms with van der Waals surface area (Å²) in [7, 11) is 0. The molecule has 3 aromatic carbocycles. The number of aromatic nitrogens is 2. The second-order valence-electron chi connectivity index (χ2n) is 8.22. The average molecular weight is 379 g/mol. The molecular formula is C27H26N2. The number of benzene rings is 3. The van der Waals surface area contributed by atoms with Gasteiger partial charge in [-0.05, 0) is 54.5 Å². The molecule has 29 heavy (non-hydrogen) atoms. The Morgan fingerprint density at radius 1 is 0.931 bits per heavy atom. The number of hydrogen-bond acceptors (Lipinski definition) is 1. The summed E-state index contributed by atoms with van der Waals surface area (Å²) in [4.78, 5) is 4.81. The van der Waals surface area contributed by atoms with Crippen molar-refractivity contribution in [2.45, 2.75) is 40.0 Å². The fraction of sp³-hybridized carbons (Fsp3) is 0.222. The van der Waals surface area contributed by atoms with Crippen LogP contribution in [0.5, 0.6) is 0 Å². The van der Waals surface area contributed by atoms with E-state index in [1.807, 2.05) is 6.20 Å². The van der Waals surface area contributed by atoms with Gasteiger partial charge in [-0.25, -0.2) is 4.98 Å². The van der Waals surface area contributed by atoms with Gasteiger partial charge in [0.15, 0.2) is 0 Å². The molecule has 0 aliphatic carbocycles. The SMILES string of the molecule is CCC(C)c1ccc(-c2ccc(C)cc2C)c2c3ccccc3n3ccnc3c12. The highest BCUT2D eigenvalue weighted by Gasteiger charge is 2.19. The number of rotatable bonds is 3. The molecule has 2 aromatic heterocycles. The number of pyridine rings is 1. The molecule has 0 saturated carbocycles. The lowest BCUT2D eigenvalue weighted by Gasteiger charge is -2.20. The maximum Gasteiger partial charge on any atom is 0.145 e. The van der Waals surface area contributed by atoms with E-state index in [-0.39, 0.29) is 0 Å². The number of aryl methyl sites for hydroxylation is 2. The van der Waals surface area contributed by atoms with Crippen molar-refractivity contribution >= 4 is 27.3 Å². The molecule has 0 aliphatic heterocycles. The van der Waals surface area contributed by atoms with Crippen LogP contribution in [0.4, 0.5) is 0 Å². The molecule has 0 radical (unpaired) electrons. The van der Waals surface area contributed by atoms with Crippen molar-refractivity contribution in [1.82, 2.24) is 9.38 Å². The molecule has 0 N–H and O–H groups in total. The van der Waals surface area contributed by atoms with Crippen LogP contribution in [-0.4, -0.2) is 9.38 Å². The van der Waals surface area contributed by atoms with Crippen LogP contribution < -0.4 is 0 Å². The molecule has 1 unspecified atom stereocenters. The first-order valence-electron chi connectivity index (χ1n) is 10.5. The molecule has 5 rings (SSSR count). The Labute approximate surface area is 171 Å². The van der Waals surface area contributed by atoms with E-state index in [0.717, 1.165) is 12.1 Å². The Morgan fingerprint density at radius 2 is 1.72 bits per heavy atom. The number of para-hydroxylation sites is 1. The maximum atomic E-state index is 4.81.